The Kier molecular flexibility index (Phi) is 9.76. The van der Waals surface area contributed by atoms with Gasteiger partial charge in [0, 0.05) is 11.8 Å². The van der Waals surface area contributed by atoms with Gasteiger partial charge in [-0.2, -0.15) is 0 Å². The Balaban J connectivity index is 1.10. The molecule has 8 rings (SSSR count). The molecular weight excluding hydrogens is 641 g/mol. The topological polar surface area (TPSA) is 9.23 Å². The Morgan fingerprint density at radius 3 is 1.02 bits per heavy atom. The fourth-order valence-electron chi connectivity index (χ4n) is 8.98. The van der Waals surface area contributed by atoms with Gasteiger partial charge >= 0.3 is 0 Å². The summed E-state index contributed by atoms with van der Waals surface area (Å²) >= 11 is 0. The third kappa shape index (κ3) is 6.47. The molecule has 0 saturated carbocycles. The van der Waals surface area contributed by atoms with Crippen LogP contribution in [0.25, 0.3) is 33.4 Å². The smallest absolute Gasteiger partial charge is 0.0727 e. The minimum Gasteiger partial charge on any atom is -0.372 e. The average molecular weight is 687 g/mol. The monoisotopic (exact) mass is 686 g/mol. The van der Waals surface area contributed by atoms with E-state index < -0.39 is 0 Å². The second-order valence-electron chi connectivity index (χ2n) is 14.4. The van der Waals surface area contributed by atoms with E-state index in [2.05, 4.69) is 198 Å². The highest BCUT2D eigenvalue weighted by Gasteiger charge is 2.33. The van der Waals surface area contributed by atoms with Crippen molar-refractivity contribution in [3.05, 3.63) is 226 Å². The first-order chi connectivity index (χ1) is 26.0. The molecule has 2 atom stereocenters. The van der Waals surface area contributed by atoms with Gasteiger partial charge in [0.05, 0.1) is 13.2 Å². The molecule has 0 N–H and O–H groups in total. The van der Waals surface area contributed by atoms with Crippen LogP contribution in [0.5, 0.6) is 0 Å². The predicted molar refractivity (Wildman–Crippen MR) is 224 cm³/mol. The second kappa shape index (κ2) is 15.1. The highest BCUT2D eigenvalue weighted by Crippen LogP contribution is 2.53. The van der Waals surface area contributed by atoms with Crippen molar-refractivity contribution < 1.29 is 4.74 Å². The summed E-state index contributed by atoms with van der Waals surface area (Å²) in [6.45, 7) is 10.4. The molecule has 2 aliphatic carbocycles. The zero-order valence-electron chi connectivity index (χ0n) is 31.1. The predicted octanol–water partition coefficient (Wildman–Crippen LogP) is 13.5. The molecule has 53 heavy (non-hydrogen) atoms. The Labute approximate surface area is 315 Å². The molecule has 260 valence electrons. The maximum atomic E-state index is 6.72. The summed E-state index contributed by atoms with van der Waals surface area (Å²) in [4.78, 5) is 0. The minimum absolute atomic E-state index is 0.235. The van der Waals surface area contributed by atoms with E-state index in [1.807, 2.05) is 0 Å². The molecule has 0 radical (unpaired) electrons. The lowest BCUT2D eigenvalue weighted by Crippen LogP contribution is -2.05. The Morgan fingerprint density at radius 2 is 0.660 bits per heavy atom. The van der Waals surface area contributed by atoms with Gasteiger partial charge in [-0.15, -0.1) is 0 Å². The molecular formula is C52H46O. The molecule has 0 fully saturated rings. The molecule has 6 aromatic carbocycles. The molecule has 1 nitrogen and oxygen atoms in total. The van der Waals surface area contributed by atoms with E-state index in [4.69, 9.17) is 4.74 Å². The van der Waals surface area contributed by atoms with Crippen LogP contribution in [0.15, 0.2) is 181 Å². The van der Waals surface area contributed by atoms with E-state index in [-0.39, 0.29) is 11.8 Å². The molecule has 0 saturated heterocycles. The lowest BCUT2D eigenvalue weighted by molar-refractivity contribution is 0.107. The largest absolute Gasteiger partial charge is 0.372 e. The molecule has 2 unspecified atom stereocenters. The van der Waals surface area contributed by atoms with E-state index in [9.17, 15) is 0 Å². The number of hydrogen-bond acceptors (Lipinski definition) is 1. The fourth-order valence-corrected chi connectivity index (χ4v) is 8.98. The van der Waals surface area contributed by atoms with Gasteiger partial charge in [0.1, 0.15) is 0 Å². The molecule has 0 heterocycles. The van der Waals surface area contributed by atoms with E-state index in [1.165, 1.54) is 89.1 Å². The summed E-state index contributed by atoms with van der Waals surface area (Å²) in [5, 5.41) is 0. The number of rotatable bonds is 10. The molecule has 2 aliphatic rings. The third-order valence-corrected chi connectivity index (χ3v) is 11.3. The number of benzene rings is 6. The summed E-state index contributed by atoms with van der Waals surface area (Å²) in [6.07, 6.45) is 0. The van der Waals surface area contributed by atoms with Gasteiger partial charge < -0.3 is 4.74 Å². The summed E-state index contributed by atoms with van der Waals surface area (Å²) in [5.41, 5.74) is 21.0. The van der Waals surface area contributed by atoms with Crippen LogP contribution < -0.4 is 0 Å². The van der Waals surface area contributed by atoms with E-state index in [0.717, 1.165) is 0 Å². The van der Waals surface area contributed by atoms with Crippen molar-refractivity contribution in [3.63, 3.8) is 0 Å². The molecule has 6 aromatic rings. The minimum atomic E-state index is 0.235. The highest BCUT2D eigenvalue weighted by molar-refractivity contribution is 6.12. The lowest BCUT2D eigenvalue weighted by atomic mass is 9.86. The Morgan fingerprint density at radius 1 is 0.358 bits per heavy atom. The van der Waals surface area contributed by atoms with Crippen LogP contribution in [0.2, 0.25) is 0 Å². The van der Waals surface area contributed by atoms with Crippen LogP contribution in [0, 0.1) is 11.8 Å². The fraction of sp³-hybridized carbons (Fsp3) is 0.154. The van der Waals surface area contributed by atoms with Gasteiger partial charge in [0.25, 0.3) is 0 Å². The van der Waals surface area contributed by atoms with Crippen molar-refractivity contribution in [2.24, 2.45) is 11.8 Å². The van der Waals surface area contributed by atoms with E-state index in [0.29, 0.717) is 13.2 Å². The quantitative estimate of drug-likeness (QED) is 0.139. The van der Waals surface area contributed by atoms with Crippen molar-refractivity contribution in [2.45, 2.75) is 40.9 Å². The Bertz CT molecular complexity index is 2200. The first-order valence-corrected chi connectivity index (χ1v) is 18.9. The first kappa shape index (κ1) is 34.3. The van der Waals surface area contributed by atoms with Gasteiger partial charge in [-0.1, -0.05) is 184 Å². The first-order valence-electron chi connectivity index (χ1n) is 18.9. The van der Waals surface area contributed by atoms with Crippen molar-refractivity contribution in [2.75, 3.05) is 0 Å². The maximum Gasteiger partial charge on any atom is 0.0727 e. The maximum absolute atomic E-state index is 6.72. The van der Waals surface area contributed by atoms with Crippen molar-refractivity contribution in [1.29, 1.82) is 0 Å². The number of hydrogen-bond donors (Lipinski definition) is 0. The molecule has 0 amide bonds. The van der Waals surface area contributed by atoms with Crippen LogP contribution in [0.3, 0.4) is 0 Å². The zero-order valence-corrected chi connectivity index (χ0v) is 31.1. The molecule has 0 aromatic heterocycles. The molecule has 0 bridgehead atoms. The van der Waals surface area contributed by atoms with Gasteiger partial charge in [0.2, 0.25) is 0 Å². The van der Waals surface area contributed by atoms with Gasteiger partial charge in [0.15, 0.2) is 0 Å². The van der Waals surface area contributed by atoms with Crippen LogP contribution in [-0.4, -0.2) is 0 Å². The Hall–Kier alpha value is -5.76. The molecule has 1 heteroatoms. The van der Waals surface area contributed by atoms with Crippen molar-refractivity contribution >= 4 is 33.4 Å². The third-order valence-electron chi connectivity index (χ3n) is 11.3. The van der Waals surface area contributed by atoms with E-state index >= 15 is 0 Å². The van der Waals surface area contributed by atoms with Crippen LogP contribution in [0.4, 0.5) is 0 Å². The summed E-state index contributed by atoms with van der Waals surface area (Å²) in [7, 11) is 0. The van der Waals surface area contributed by atoms with Crippen LogP contribution in [-0.2, 0) is 18.0 Å². The van der Waals surface area contributed by atoms with Gasteiger partial charge in [-0.3, -0.25) is 0 Å². The summed E-state index contributed by atoms with van der Waals surface area (Å²) in [5.74, 6) is 0.469. The summed E-state index contributed by atoms with van der Waals surface area (Å²) in [6, 6.07) is 61.2. The van der Waals surface area contributed by atoms with Crippen molar-refractivity contribution in [3.8, 4) is 0 Å². The highest BCUT2D eigenvalue weighted by atomic mass is 16.5. The van der Waals surface area contributed by atoms with E-state index in [1.54, 1.807) is 0 Å². The second-order valence-corrected chi connectivity index (χ2v) is 14.4. The summed E-state index contributed by atoms with van der Waals surface area (Å²) < 4.78 is 6.72. The number of allylic oxidation sites excluding steroid dienone is 8. The van der Waals surface area contributed by atoms with Gasteiger partial charge in [-0.05, 0) is 103 Å². The van der Waals surface area contributed by atoms with Gasteiger partial charge in [-0.25, -0.2) is 0 Å². The molecule has 0 aliphatic heterocycles. The zero-order chi connectivity index (χ0) is 36.3. The average Bonchev–Trinajstić information content (AvgIpc) is 3.63. The number of ether oxygens (including phenoxy) is 1. The van der Waals surface area contributed by atoms with Crippen LogP contribution in [0.1, 0.15) is 72.2 Å². The molecule has 0 spiro atoms. The SMILES string of the molecule is CC1=C(c2ccccc2COCc2ccccc2C2=C(C)C(c3ccccc3)=C(c3ccccc3)C2C)C(C)C(c2ccccc2)=C1c1ccccc1. The van der Waals surface area contributed by atoms with Crippen molar-refractivity contribution in [1.82, 2.24) is 0 Å². The lowest BCUT2D eigenvalue weighted by Gasteiger charge is -2.20. The standard InChI is InChI=1S/C52H46O/c1-35-47(36(2)50(40-23-11-6-12-24-40)49(35)39-21-9-5-10-22-39)45-31-19-17-29-43(45)33-53-34-44-30-18-20-32-46(44)48-37(3)51(41-25-13-7-14-26-41)52(38(48)4)42-27-15-8-16-28-42/h5-32,35,37H,33-34H2,1-4H3. The normalized spacial score (nSPS) is 17.4. The van der Waals surface area contributed by atoms with Crippen LogP contribution >= 0.6 is 0 Å².